The largest absolute Gasteiger partial charge is 0.318 e. The highest BCUT2D eigenvalue weighted by molar-refractivity contribution is 7.12. The van der Waals surface area contributed by atoms with Crippen LogP contribution in [0.2, 0.25) is 5.02 Å². The van der Waals surface area contributed by atoms with E-state index in [4.69, 9.17) is 11.6 Å². The Hall–Kier alpha value is -2.11. The van der Waals surface area contributed by atoms with Gasteiger partial charge in [0.05, 0.1) is 28.5 Å². The van der Waals surface area contributed by atoms with Crippen molar-refractivity contribution in [3.05, 3.63) is 68.1 Å². The molecule has 0 aliphatic carbocycles. The topological polar surface area (TPSA) is 46.9 Å². The van der Waals surface area contributed by atoms with E-state index in [-0.39, 0.29) is 5.91 Å². The van der Waals surface area contributed by atoms with Gasteiger partial charge in [-0.05, 0) is 49.4 Å². The summed E-state index contributed by atoms with van der Waals surface area (Å²) in [6, 6.07) is 9.65. The third kappa shape index (κ3) is 3.23. The van der Waals surface area contributed by atoms with Crippen molar-refractivity contribution in [1.82, 2.24) is 9.78 Å². The van der Waals surface area contributed by atoms with Crippen LogP contribution in [0.15, 0.2) is 35.7 Å². The molecule has 2 aromatic heterocycles. The monoisotopic (exact) mass is 359 g/mol. The molecule has 2 heterocycles. The van der Waals surface area contributed by atoms with E-state index < -0.39 is 0 Å². The number of aromatic nitrogens is 2. The third-order valence-corrected chi connectivity index (χ3v) is 5.35. The van der Waals surface area contributed by atoms with Gasteiger partial charge in [0, 0.05) is 5.02 Å². The summed E-state index contributed by atoms with van der Waals surface area (Å²) < 4.78 is 1.87. The zero-order valence-corrected chi connectivity index (χ0v) is 15.3. The first-order chi connectivity index (χ1) is 11.5. The highest BCUT2D eigenvalue weighted by Gasteiger charge is 2.17. The fourth-order valence-corrected chi connectivity index (χ4v) is 3.61. The Morgan fingerprint density at radius 1 is 1.25 bits per heavy atom. The van der Waals surface area contributed by atoms with Gasteiger partial charge in [-0.2, -0.15) is 5.10 Å². The number of hydrogen-bond donors (Lipinski definition) is 1. The van der Waals surface area contributed by atoms with Crippen molar-refractivity contribution in [3.8, 4) is 0 Å². The van der Waals surface area contributed by atoms with E-state index in [9.17, 15) is 4.79 Å². The van der Waals surface area contributed by atoms with Crippen LogP contribution in [0, 0.1) is 20.8 Å². The first kappa shape index (κ1) is 16.7. The van der Waals surface area contributed by atoms with Gasteiger partial charge in [0.1, 0.15) is 0 Å². The zero-order chi connectivity index (χ0) is 17.3. The van der Waals surface area contributed by atoms with Crippen molar-refractivity contribution in [2.24, 2.45) is 0 Å². The van der Waals surface area contributed by atoms with Crippen molar-refractivity contribution in [2.45, 2.75) is 27.3 Å². The number of carbonyl (C=O) groups excluding carboxylic acids is 1. The normalized spacial score (nSPS) is 10.8. The van der Waals surface area contributed by atoms with Gasteiger partial charge in [-0.1, -0.05) is 29.8 Å². The number of hydrogen-bond acceptors (Lipinski definition) is 3. The molecule has 1 aromatic carbocycles. The molecule has 0 saturated heterocycles. The molecule has 6 heteroatoms. The Balaban J connectivity index is 1.86. The Morgan fingerprint density at radius 2 is 2.00 bits per heavy atom. The molecule has 0 aliphatic rings. The molecule has 0 fully saturated rings. The summed E-state index contributed by atoms with van der Waals surface area (Å²) in [6.45, 7) is 6.35. The number of rotatable bonds is 4. The molecule has 0 spiro atoms. The molecular weight excluding hydrogens is 342 g/mol. The van der Waals surface area contributed by atoms with Crippen LogP contribution in [0.25, 0.3) is 0 Å². The molecule has 4 nitrogen and oxygen atoms in total. The van der Waals surface area contributed by atoms with Gasteiger partial charge < -0.3 is 5.32 Å². The van der Waals surface area contributed by atoms with Crippen LogP contribution < -0.4 is 5.32 Å². The Labute approximate surface area is 150 Å². The second kappa shape index (κ2) is 6.79. The molecule has 0 atom stereocenters. The van der Waals surface area contributed by atoms with Gasteiger partial charge >= 0.3 is 0 Å². The lowest BCUT2D eigenvalue weighted by atomic mass is 10.2. The predicted octanol–water partition coefficient (Wildman–Crippen LogP) is 4.82. The molecule has 3 aromatic rings. The summed E-state index contributed by atoms with van der Waals surface area (Å²) in [5, 5.41) is 10.2. The van der Waals surface area contributed by atoms with Crippen molar-refractivity contribution in [1.29, 1.82) is 0 Å². The number of amides is 1. The van der Waals surface area contributed by atoms with Crippen molar-refractivity contribution >= 4 is 34.5 Å². The van der Waals surface area contributed by atoms with Gasteiger partial charge in [0.25, 0.3) is 5.91 Å². The highest BCUT2D eigenvalue weighted by Crippen LogP contribution is 2.24. The average Bonchev–Trinajstić information content (AvgIpc) is 3.08. The van der Waals surface area contributed by atoms with Gasteiger partial charge in [-0.15, -0.1) is 11.3 Å². The van der Waals surface area contributed by atoms with Crippen LogP contribution in [0.3, 0.4) is 0 Å². The van der Waals surface area contributed by atoms with Crippen LogP contribution in [-0.4, -0.2) is 15.7 Å². The summed E-state index contributed by atoms with van der Waals surface area (Å²) in [5.74, 6) is -0.0917. The summed E-state index contributed by atoms with van der Waals surface area (Å²) in [7, 11) is 0. The van der Waals surface area contributed by atoms with Gasteiger partial charge in [-0.3, -0.25) is 9.48 Å². The van der Waals surface area contributed by atoms with E-state index in [1.165, 1.54) is 11.3 Å². The first-order valence-electron chi connectivity index (χ1n) is 7.60. The molecule has 1 amide bonds. The summed E-state index contributed by atoms with van der Waals surface area (Å²) >= 11 is 7.68. The smallest absolute Gasteiger partial charge is 0.266 e. The molecule has 1 N–H and O–H groups in total. The lowest BCUT2D eigenvalue weighted by Gasteiger charge is -2.08. The van der Waals surface area contributed by atoms with Crippen LogP contribution in [-0.2, 0) is 6.54 Å². The SMILES string of the molecule is Cc1ccsc1C(=O)Nc1c(C)nn(Cc2ccccc2Cl)c1C. The standard InChI is InChI=1S/C18H18ClN3OS/c1-11-8-9-24-17(11)18(23)20-16-12(2)21-22(13(16)3)10-14-6-4-5-7-15(14)19/h4-9H,10H2,1-3H3,(H,20,23). The predicted molar refractivity (Wildman–Crippen MR) is 99.3 cm³/mol. The van der Waals surface area contributed by atoms with Crippen molar-refractivity contribution in [3.63, 3.8) is 0 Å². The maximum atomic E-state index is 12.5. The lowest BCUT2D eigenvalue weighted by molar-refractivity contribution is 0.103. The molecule has 24 heavy (non-hydrogen) atoms. The van der Waals surface area contributed by atoms with Gasteiger partial charge in [0.2, 0.25) is 0 Å². The summed E-state index contributed by atoms with van der Waals surface area (Å²) in [5.41, 5.74) is 4.45. The fourth-order valence-electron chi connectivity index (χ4n) is 2.60. The first-order valence-corrected chi connectivity index (χ1v) is 8.86. The zero-order valence-electron chi connectivity index (χ0n) is 13.8. The van der Waals surface area contributed by atoms with Crippen molar-refractivity contribution < 1.29 is 4.79 Å². The average molecular weight is 360 g/mol. The second-order valence-electron chi connectivity index (χ2n) is 5.68. The molecule has 0 saturated carbocycles. The van der Waals surface area contributed by atoms with Crippen molar-refractivity contribution in [2.75, 3.05) is 5.32 Å². The van der Waals surface area contributed by atoms with E-state index >= 15 is 0 Å². The number of thiophene rings is 1. The van der Waals surface area contributed by atoms with Gasteiger partial charge in [-0.25, -0.2) is 0 Å². The minimum atomic E-state index is -0.0917. The maximum Gasteiger partial charge on any atom is 0.266 e. The van der Waals surface area contributed by atoms with Crippen LogP contribution in [0.1, 0.15) is 32.2 Å². The summed E-state index contributed by atoms with van der Waals surface area (Å²) in [6.07, 6.45) is 0. The number of nitrogens with one attached hydrogen (secondary N) is 1. The van der Waals surface area contributed by atoms with E-state index in [0.717, 1.165) is 33.1 Å². The molecule has 3 rings (SSSR count). The lowest BCUT2D eigenvalue weighted by Crippen LogP contribution is -2.13. The number of nitrogens with zero attached hydrogens (tertiary/aromatic N) is 2. The highest BCUT2D eigenvalue weighted by atomic mass is 35.5. The Morgan fingerprint density at radius 3 is 2.67 bits per heavy atom. The van der Waals surface area contributed by atoms with E-state index in [1.807, 2.05) is 61.2 Å². The second-order valence-corrected chi connectivity index (χ2v) is 7.01. The molecule has 0 radical (unpaired) electrons. The van der Waals surface area contributed by atoms with Gasteiger partial charge in [0.15, 0.2) is 0 Å². The number of benzene rings is 1. The molecular formula is C18H18ClN3OS. The minimum absolute atomic E-state index is 0.0917. The number of carbonyl (C=O) groups is 1. The number of anilines is 1. The fraction of sp³-hybridized carbons (Fsp3) is 0.222. The van der Waals surface area contributed by atoms with Crippen LogP contribution >= 0.6 is 22.9 Å². The quantitative estimate of drug-likeness (QED) is 0.725. The van der Waals surface area contributed by atoms with Crippen LogP contribution in [0.4, 0.5) is 5.69 Å². The Bertz CT molecular complexity index is 898. The minimum Gasteiger partial charge on any atom is -0.318 e. The molecule has 0 bridgehead atoms. The molecule has 0 aliphatic heterocycles. The molecule has 0 unspecified atom stereocenters. The maximum absolute atomic E-state index is 12.5. The van der Waals surface area contributed by atoms with E-state index in [1.54, 1.807) is 0 Å². The third-order valence-electron chi connectivity index (χ3n) is 3.97. The Kier molecular flexibility index (Phi) is 4.73. The number of halogens is 1. The van der Waals surface area contributed by atoms with Crippen LogP contribution in [0.5, 0.6) is 0 Å². The van der Waals surface area contributed by atoms with E-state index in [0.29, 0.717) is 11.6 Å². The molecule has 124 valence electrons. The summed E-state index contributed by atoms with van der Waals surface area (Å²) in [4.78, 5) is 13.2. The number of aryl methyl sites for hydroxylation is 2. The van der Waals surface area contributed by atoms with E-state index in [2.05, 4.69) is 10.4 Å².